The summed E-state index contributed by atoms with van der Waals surface area (Å²) in [6.07, 6.45) is -6.18. The van der Waals surface area contributed by atoms with Crippen LogP contribution in [-0.4, -0.2) is 25.2 Å². The first-order valence-corrected chi connectivity index (χ1v) is 3.34. The molecule has 0 aliphatic rings. The van der Waals surface area contributed by atoms with Gasteiger partial charge in [-0.2, -0.15) is 22.0 Å². The van der Waals surface area contributed by atoms with E-state index in [0.717, 1.165) is 14.0 Å². The fourth-order valence-corrected chi connectivity index (χ4v) is 0.574. The first-order chi connectivity index (χ1) is 6.12. The Morgan fingerprint density at radius 1 is 1.21 bits per heavy atom. The summed E-state index contributed by atoms with van der Waals surface area (Å²) in [5.74, 6) is -6.25. The summed E-state index contributed by atoms with van der Waals surface area (Å²) in [5.41, 5.74) is -0.796. The van der Waals surface area contributed by atoms with Crippen molar-refractivity contribution in [2.24, 2.45) is 0 Å². The molecule has 0 saturated heterocycles. The number of hydrogen-bond acceptors (Lipinski definition) is 2. The van der Waals surface area contributed by atoms with Crippen molar-refractivity contribution in [3.63, 3.8) is 0 Å². The van der Waals surface area contributed by atoms with E-state index in [4.69, 9.17) is 0 Å². The van der Waals surface area contributed by atoms with Crippen LogP contribution in [0.4, 0.5) is 22.0 Å². The minimum Gasteiger partial charge on any atom is -0.466 e. The van der Waals surface area contributed by atoms with Crippen molar-refractivity contribution < 1.29 is 31.5 Å². The van der Waals surface area contributed by atoms with E-state index in [0.29, 0.717) is 0 Å². The van der Waals surface area contributed by atoms with Gasteiger partial charge in [-0.25, -0.2) is 4.79 Å². The number of halogens is 5. The fraction of sp³-hybridized carbons (Fsp3) is 0.571. The van der Waals surface area contributed by atoms with Gasteiger partial charge in [-0.3, -0.25) is 0 Å². The van der Waals surface area contributed by atoms with E-state index in [9.17, 15) is 26.7 Å². The lowest BCUT2D eigenvalue weighted by Gasteiger charge is -2.16. The molecule has 0 rings (SSSR count). The Labute approximate surface area is 76.3 Å². The highest BCUT2D eigenvalue weighted by Gasteiger charge is 2.56. The van der Waals surface area contributed by atoms with Crippen molar-refractivity contribution in [3.05, 3.63) is 11.6 Å². The number of rotatable bonds is 2. The third kappa shape index (κ3) is 2.97. The van der Waals surface area contributed by atoms with E-state index in [1.807, 2.05) is 0 Å². The van der Waals surface area contributed by atoms with Gasteiger partial charge >= 0.3 is 18.1 Å². The molecule has 0 radical (unpaired) electrons. The lowest BCUT2D eigenvalue weighted by molar-refractivity contribution is -0.259. The molecular formula is C7H7F5O2. The highest BCUT2D eigenvalue weighted by atomic mass is 19.4. The molecule has 2 nitrogen and oxygen atoms in total. The molecule has 82 valence electrons. The second kappa shape index (κ2) is 3.93. The Kier molecular flexibility index (Phi) is 3.61. The summed E-state index contributed by atoms with van der Waals surface area (Å²) >= 11 is 0. The normalized spacial score (nSPS) is 14.1. The molecule has 0 amide bonds. The first-order valence-electron chi connectivity index (χ1n) is 3.34. The van der Waals surface area contributed by atoms with Crippen LogP contribution in [0.5, 0.6) is 0 Å². The van der Waals surface area contributed by atoms with E-state index in [1.165, 1.54) is 0 Å². The molecule has 0 atom stereocenters. The lowest BCUT2D eigenvalue weighted by atomic mass is 10.2. The molecule has 0 heterocycles. The number of carbonyl (C=O) groups is 1. The summed E-state index contributed by atoms with van der Waals surface area (Å²) in [5, 5.41) is 0. The van der Waals surface area contributed by atoms with Crippen LogP contribution in [0.2, 0.25) is 0 Å². The third-order valence-electron chi connectivity index (χ3n) is 1.28. The van der Waals surface area contributed by atoms with Crippen LogP contribution in [0, 0.1) is 0 Å². The number of hydrogen-bond donors (Lipinski definition) is 0. The minimum atomic E-state index is -5.71. The predicted molar refractivity (Wildman–Crippen MR) is 36.8 cm³/mol. The summed E-state index contributed by atoms with van der Waals surface area (Å²) in [6.45, 7) is 0.811. The smallest absolute Gasteiger partial charge is 0.457 e. The van der Waals surface area contributed by atoms with E-state index in [-0.39, 0.29) is 0 Å². The molecular weight excluding hydrogens is 211 g/mol. The molecule has 0 aliphatic carbocycles. The molecule has 0 spiro atoms. The summed E-state index contributed by atoms with van der Waals surface area (Å²) in [7, 11) is 0.880. The highest BCUT2D eigenvalue weighted by Crippen LogP contribution is 2.37. The van der Waals surface area contributed by atoms with Gasteiger partial charge in [-0.1, -0.05) is 0 Å². The Hall–Kier alpha value is -1.14. The van der Waals surface area contributed by atoms with Crippen molar-refractivity contribution in [2.45, 2.75) is 19.0 Å². The van der Waals surface area contributed by atoms with Crippen molar-refractivity contribution in [2.75, 3.05) is 7.11 Å². The number of allylic oxidation sites excluding steroid dienone is 1. The van der Waals surface area contributed by atoms with Crippen LogP contribution < -0.4 is 0 Å². The average Bonchev–Trinajstić information content (AvgIpc) is 2.00. The van der Waals surface area contributed by atoms with Gasteiger partial charge < -0.3 is 4.74 Å². The molecule has 0 saturated carbocycles. The second-order valence-electron chi connectivity index (χ2n) is 2.44. The molecule has 0 aromatic heterocycles. The SMILES string of the molecule is COC(=O)C(C)=CC(F)(F)C(F)(F)F. The molecule has 0 aliphatic heterocycles. The van der Waals surface area contributed by atoms with Gasteiger partial charge in [-0.05, 0) is 6.92 Å². The number of methoxy groups -OCH3 is 1. The maximum Gasteiger partial charge on any atom is 0.457 e. The van der Waals surface area contributed by atoms with Gasteiger partial charge in [-0.15, -0.1) is 0 Å². The highest BCUT2D eigenvalue weighted by molar-refractivity contribution is 5.87. The van der Waals surface area contributed by atoms with E-state index in [2.05, 4.69) is 4.74 Å². The Balaban J connectivity index is 4.89. The lowest BCUT2D eigenvalue weighted by Crippen LogP contribution is -2.34. The van der Waals surface area contributed by atoms with Crippen LogP contribution in [0.15, 0.2) is 11.6 Å². The van der Waals surface area contributed by atoms with Gasteiger partial charge in [0.05, 0.1) is 7.11 Å². The topological polar surface area (TPSA) is 26.3 Å². The van der Waals surface area contributed by atoms with E-state index >= 15 is 0 Å². The largest absolute Gasteiger partial charge is 0.466 e. The van der Waals surface area contributed by atoms with Crippen LogP contribution in [0.25, 0.3) is 0 Å². The molecule has 0 aromatic rings. The standard InChI is InChI=1S/C7H7F5O2/c1-4(5(13)14-2)3-6(8,9)7(10,11)12/h3H,1-2H3. The summed E-state index contributed by atoms with van der Waals surface area (Å²) < 4.78 is 63.3. The minimum absolute atomic E-state index is 0.473. The van der Waals surface area contributed by atoms with Gasteiger partial charge in [0.15, 0.2) is 0 Å². The molecule has 0 bridgehead atoms. The van der Waals surface area contributed by atoms with Gasteiger partial charge in [0, 0.05) is 11.6 Å². The Morgan fingerprint density at radius 3 is 1.93 bits per heavy atom. The Morgan fingerprint density at radius 2 is 1.64 bits per heavy atom. The maximum atomic E-state index is 12.3. The zero-order chi connectivity index (χ0) is 11.6. The van der Waals surface area contributed by atoms with Crippen molar-refractivity contribution in [1.29, 1.82) is 0 Å². The zero-order valence-electron chi connectivity index (χ0n) is 7.28. The summed E-state index contributed by atoms with van der Waals surface area (Å²) in [6, 6.07) is 0. The third-order valence-corrected chi connectivity index (χ3v) is 1.28. The van der Waals surface area contributed by atoms with Gasteiger partial charge in [0.2, 0.25) is 0 Å². The molecule has 0 unspecified atom stereocenters. The molecule has 0 aromatic carbocycles. The van der Waals surface area contributed by atoms with Gasteiger partial charge in [0.25, 0.3) is 0 Å². The number of alkyl halides is 5. The van der Waals surface area contributed by atoms with E-state index < -0.39 is 29.7 Å². The number of carbonyl (C=O) groups excluding carboxylic acids is 1. The molecule has 0 fully saturated rings. The van der Waals surface area contributed by atoms with Crippen LogP contribution >= 0.6 is 0 Å². The van der Waals surface area contributed by atoms with Crippen LogP contribution in [-0.2, 0) is 9.53 Å². The predicted octanol–water partition coefficient (Wildman–Crippen LogP) is 2.30. The quantitative estimate of drug-likeness (QED) is 0.404. The molecule has 7 heteroatoms. The average molecular weight is 218 g/mol. The second-order valence-corrected chi connectivity index (χ2v) is 2.44. The zero-order valence-corrected chi connectivity index (χ0v) is 7.28. The van der Waals surface area contributed by atoms with Crippen molar-refractivity contribution in [3.8, 4) is 0 Å². The maximum absolute atomic E-state index is 12.3. The molecule has 14 heavy (non-hydrogen) atoms. The Bertz CT molecular complexity index is 253. The van der Waals surface area contributed by atoms with E-state index in [1.54, 1.807) is 0 Å². The fourth-order valence-electron chi connectivity index (χ4n) is 0.574. The first kappa shape index (κ1) is 12.9. The molecule has 0 N–H and O–H groups in total. The number of esters is 1. The van der Waals surface area contributed by atoms with Gasteiger partial charge in [0.1, 0.15) is 0 Å². The number of ether oxygens (including phenoxy) is 1. The summed E-state index contributed by atoms with van der Waals surface area (Å²) in [4.78, 5) is 10.5. The monoisotopic (exact) mass is 218 g/mol. The van der Waals surface area contributed by atoms with Crippen molar-refractivity contribution >= 4 is 5.97 Å². The van der Waals surface area contributed by atoms with Crippen LogP contribution in [0.3, 0.4) is 0 Å². The van der Waals surface area contributed by atoms with Crippen molar-refractivity contribution in [1.82, 2.24) is 0 Å². The van der Waals surface area contributed by atoms with Crippen LogP contribution in [0.1, 0.15) is 6.92 Å².